The molecule has 20 nitrogen and oxygen atoms in total. The van der Waals surface area contributed by atoms with Gasteiger partial charge in [0.2, 0.25) is 0 Å². The third-order valence-electron chi connectivity index (χ3n) is 16.6. The smallest absolute Gasteiger partial charge is 0.161 e. The van der Waals surface area contributed by atoms with Gasteiger partial charge in [-0.3, -0.25) is 0 Å². The Bertz CT molecular complexity index is 4190. The number of rotatable bonds is 4. The predicted octanol–water partition coefficient (Wildman–Crippen LogP) is 8.89. The highest BCUT2D eigenvalue weighted by molar-refractivity contribution is 5.85. The monoisotopic (exact) mass is 1360 g/mol. The summed E-state index contributed by atoms with van der Waals surface area (Å²) in [5.41, 5.74) is 11.0. The van der Waals surface area contributed by atoms with Crippen LogP contribution in [0.1, 0.15) is 45.0 Å². The van der Waals surface area contributed by atoms with E-state index in [1.165, 1.54) is 0 Å². The van der Waals surface area contributed by atoms with Gasteiger partial charge in [-0.25, -0.2) is 0 Å². The molecule has 0 amide bonds. The Kier molecular flexibility index (Phi) is 24.8. The topological polar surface area (TPSA) is 211 Å². The van der Waals surface area contributed by atoms with Crippen LogP contribution in [0.2, 0.25) is 0 Å². The summed E-state index contributed by atoms with van der Waals surface area (Å²) in [6, 6.07) is 65.2. The van der Waals surface area contributed by atoms with Crippen LogP contribution in [0, 0.1) is 0 Å². The van der Waals surface area contributed by atoms with Crippen LogP contribution in [-0.4, -0.2) is 179 Å². The number of para-hydroxylation sites is 4. The first-order valence-electron chi connectivity index (χ1n) is 34.2. The molecule has 3 aliphatic heterocycles. The fourth-order valence-corrected chi connectivity index (χ4v) is 11.9. The summed E-state index contributed by atoms with van der Waals surface area (Å²) < 4.78 is 97.4. The second-order valence-electron chi connectivity index (χ2n) is 23.3. The van der Waals surface area contributed by atoms with Gasteiger partial charge in [0.05, 0.1) is 106 Å². The van der Waals surface area contributed by atoms with Gasteiger partial charge in [-0.15, -0.1) is 0 Å². The van der Waals surface area contributed by atoms with Gasteiger partial charge in [0.25, 0.3) is 0 Å². The molecule has 0 radical (unpaired) electrons. The molecular weight excluding hydrogens is 1270 g/mol. The Balaban J connectivity index is 0.831. The van der Waals surface area contributed by atoms with E-state index in [0.717, 1.165) is 88.7 Å². The van der Waals surface area contributed by atoms with Crippen molar-refractivity contribution in [1.29, 1.82) is 0 Å². The maximum atomic E-state index is 6.61. The molecule has 0 unspecified atom stereocenters. The van der Waals surface area contributed by atoms with Crippen molar-refractivity contribution in [1.82, 2.24) is 19.9 Å². The van der Waals surface area contributed by atoms with Crippen LogP contribution in [0.15, 0.2) is 194 Å². The highest BCUT2D eigenvalue weighted by Gasteiger charge is 2.22. The number of hydrogen-bond donors (Lipinski definition) is 4. The molecule has 0 saturated heterocycles. The van der Waals surface area contributed by atoms with Gasteiger partial charge in [0, 0.05) is 66.5 Å². The average molecular weight is 1360 g/mol. The van der Waals surface area contributed by atoms with Crippen molar-refractivity contribution in [3.05, 3.63) is 261 Å². The van der Waals surface area contributed by atoms with Crippen molar-refractivity contribution in [3.8, 4) is 46.0 Å². The maximum absolute atomic E-state index is 6.61. The summed E-state index contributed by atoms with van der Waals surface area (Å²) >= 11 is 0. The Hall–Kier alpha value is -10.0. The van der Waals surface area contributed by atoms with Crippen molar-refractivity contribution >= 4 is 22.3 Å². The molecule has 0 saturated carbocycles. The van der Waals surface area contributed by atoms with Crippen LogP contribution in [0.3, 0.4) is 0 Å². The lowest BCUT2D eigenvalue weighted by molar-refractivity contribution is 0.0223. The van der Waals surface area contributed by atoms with E-state index in [-0.39, 0.29) is 26.4 Å². The van der Waals surface area contributed by atoms with Crippen molar-refractivity contribution < 1.29 is 75.8 Å². The summed E-state index contributed by atoms with van der Waals surface area (Å²) in [4.78, 5) is 15.7. The number of ether oxygens (including phenoxy) is 16. The van der Waals surface area contributed by atoms with E-state index < -0.39 is 0 Å². The van der Waals surface area contributed by atoms with Crippen LogP contribution in [0.4, 0.5) is 0 Å². The molecule has 7 heterocycles. The van der Waals surface area contributed by atoms with Gasteiger partial charge in [0.15, 0.2) is 46.0 Å². The SMILES string of the molecule is c1ccc(C2=c3ccc([nH]3)=C(c3ccc4c(c3)OCCOCCOCCOc3ccccc3OCCOCCOCCO4)c3ccc([nH]3)C(c3ccccc3)=c3ccc([nH]3)=C(c3ccc4c(c3)OCCOCCOCCOc3ccccc3OCCOCCOCCO4)c3ccc2[nH]3)cc1. The normalized spacial score (nSPS) is 16.9. The van der Waals surface area contributed by atoms with E-state index in [2.05, 4.69) is 129 Å². The van der Waals surface area contributed by atoms with E-state index in [0.29, 0.717) is 178 Å². The quantitative estimate of drug-likeness (QED) is 0.130. The Morgan fingerprint density at radius 1 is 0.170 bits per heavy atom. The molecule has 13 rings (SSSR count). The summed E-state index contributed by atoms with van der Waals surface area (Å²) in [6.07, 6.45) is 0. The third kappa shape index (κ3) is 18.5. The predicted molar refractivity (Wildman–Crippen MR) is 377 cm³/mol. The molecule has 0 aliphatic carbocycles. The van der Waals surface area contributed by atoms with E-state index in [9.17, 15) is 0 Å². The molecule has 520 valence electrons. The lowest BCUT2D eigenvalue weighted by Gasteiger charge is -2.16. The number of hydrogen-bond acceptors (Lipinski definition) is 16. The molecule has 4 N–H and O–H groups in total. The zero-order valence-corrected chi connectivity index (χ0v) is 56.0. The number of H-pyrrole nitrogens is 4. The van der Waals surface area contributed by atoms with Crippen molar-refractivity contribution in [2.24, 2.45) is 0 Å². The summed E-state index contributed by atoms with van der Waals surface area (Å²) in [7, 11) is 0. The molecule has 8 bridgehead atoms. The average Bonchev–Trinajstić information content (AvgIpc) is 1.60. The van der Waals surface area contributed by atoms with Gasteiger partial charge >= 0.3 is 0 Å². The summed E-state index contributed by atoms with van der Waals surface area (Å²) in [6.45, 7) is 8.41. The highest BCUT2D eigenvalue weighted by atomic mass is 16.6. The summed E-state index contributed by atoms with van der Waals surface area (Å²) in [5, 5.41) is 3.50. The Labute approximate surface area is 580 Å². The van der Waals surface area contributed by atoms with Crippen molar-refractivity contribution in [3.63, 3.8) is 0 Å². The van der Waals surface area contributed by atoms with Crippen LogP contribution in [-0.2, 0) is 37.9 Å². The molecule has 3 aliphatic rings. The van der Waals surface area contributed by atoms with Gasteiger partial charge in [-0.05, 0) is 119 Å². The van der Waals surface area contributed by atoms with Gasteiger partial charge in [-0.1, -0.05) is 97.1 Å². The van der Waals surface area contributed by atoms with Gasteiger partial charge in [-0.2, -0.15) is 0 Å². The van der Waals surface area contributed by atoms with Crippen LogP contribution >= 0.6 is 0 Å². The minimum absolute atomic E-state index is 0.252. The molecule has 0 fully saturated rings. The maximum Gasteiger partial charge on any atom is 0.161 e. The molecule has 0 spiro atoms. The summed E-state index contributed by atoms with van der Waals surface area (Å²) in [5.74, 6) is 4.81. The molecule has 10 aromatic rings. The number of benzene rings is 6. The minimum Gasteiger partial charge on any atom is -0.487 e. The van der Waals surface area contributed by atoms with E-state index in [1.54, 1.807) is 0 Å². The largest absolute Gasteiger partial charge is 0.487 e. The molecule has 4 aromatic heterocycles. The Morgan fingerprint density at radius 2 is 0.390 bits per heavy atom. The van der Waals surface area contributed by atoms with E-state index in [1.807, 2.05) is 84.9 Å². The molecule has 20 heteroatoms. The standard InChI is InChI=1S/C80H84N4O16/c1-3-11-57(12-4-1)77-61-21-25-65(81-61)79(59-19-29-73-75(55-59)99-53-45-91-37-35-87-41-49-95-71-17-9-7-15-69(71)93-47-39-85-31-33-89-43-51-97-73)67-27-23-63(83-67)78(58-13-5-2-6-14-58)64-24-28-68(84-64)80(66-26-22-62(77)82-66)60-20-30-74-76(56-60)100-54-46-92-38-36-88-42-50-96-72-18-10-8-16-70(72)94-48-40-86-32-34-90-44-52-98-74/h1-30,55-56,81-84H,31-54H2. The fraction of sp³-hybridized carbons (Fsp3) is 0.300. The highest BCUT2D eigenvalue weighted by Crippen LogP contribution is 2.36. The molecule has 0 atom stereocenters. The first kappa shape index (κ1) is 68.5. The zero-order chi connectivity index (χ0) is 67.6. The number of aromatic amines is 4. The zero-order valence-electron chi connectivity index (χ0n) is 56.0. The molecule has 6 aromatic carbocycles. The fourth-order valence-electron chi connectivity index (χ4n) is 11.9. The van der Waals surface area contributed by atoms with Gasteiger partial charge in [0.1, 0.15) is 52.9 Å². The van der Waals surface area contributed by atoms with Crippen molar-refractivity contribution in [2.45, 2.75) is 0 Å². The second-order valence-corrected chi connectivity index (χ2v) is 23.3. The number of nitrogens with one attached hydrogen (secondary N) is 4. The van der Waals surface area contributed by atoms with Crippen LogP contribution < -0.4 is 59.3 Å². The van der Waals surface area contributed by atoms with Crippen LogP contribution in [0.5, 0.6) is 46.0 Å². The Morgan fingerprint density at radius 3 is 0.660 bits per heavy atom. The third-order valence-corrected chi connectivity index (χ3v) is 16.6. The molecular formula is C80H84N4O16. The first-order valence-corrected chi connectivity index (χ1v) is 34.2. The van der Waals surface area contributed by atoms with Crippen LogP contribution in [0.25, 0.3) is 22.3 Å². The number of aromatic nitrogens is 4. The van der Waals surface area contributed by atoms with Crippen molar-refractivity contribution in [2.75, 3.05) is 159 Å². The van der Waals surface area contributed by atoms with E-state index in [4.69, 9.17) is 75.8 Å². The lowest BCUT2D eigenvalue weighted by Crippen LogP contribution is -2.19. The second kappa shape index (κ2) is 36.2. The molecule has 100 heavy (non-hydrogen) atoms. The van der Waals surface area contributed by atoms with Gasteiger partial charge < -0.3 is 95.7 Å². The lowest BCUT2D eigenvalue weighted by atomic mass is 10.0. The first-order chi connectivity index (χ1) is 49.7. The van der Waals surface area contributed by atoms with E-state index >= 15 is 0 Å². The number of fused-ring (bicyclic) bond motifs is 12. The minimum atomic E-state index is 0.252.